The van der Waals surface area contributed by atoms with E-state index in [1.807, 2.05) is 0 Å². The lowest BCUT2D eigenvalue weighted by atomic mass is 10.2. The monoisotopic (exact) mass is 264 g/mol. The molecule has 0 aromatic carbocycles. The Labute approximate surface area is 113 Å². The molecule has 2 heterocycles. The summed E-state index contributed by atoms with van der Waals surface area (Å²) in [4.78, 5) is 22.0. The van der Waals surface area contributed by atoms with Gasteiger partial charge >= 0.3 is 5.97 Å². The second kappa shape index (κ2) is 6.47. The van der Waals surface area contributed by atoms with Crippen LogP contribution in [0.2, 0.25) is 0 Å². The zero-order chi connectivity index (χ0) is 13.7. The Morgan fingerprint density at radius 2 is 2.47 bits per heavy atom. The van der Waals surface area contributed by atoms with Gasteiger partial charge in [0.2, 0.25) is 0 Å². The van der Waals surface area contributed by atoms with Crippen molar-refractivity contribution in [2.45, 2.75) is 25.8 Å². The molecule has 1 unspecified atom stereocenters. The first-order chi connectivity index (χ1) is 9.26. The number of carbonyl (C=O) groups excluding carboxylic acids is 1. The average molecular weight is 264 g/mol. The number of nitrogens with one attached hydrogen (secondary N) is 1. The van der Waals surface area contributed by atoms with Crippen molar-refractivity contribution in [3.63, 3.8) is 0 Å². The van der Waals surface area contributed by atoms with Gasteiger partial charge in [0, 0.05) is 18.8 Å². The quantitative estimate of drug-likeness (QED) is 0.805. The van der Waals surface area contributed by atoms with Gasteiger partial charge in [0.1, 0.15) is 17.7 Å². The largest absolute Gasteiger partial charge is 0.465 e. The summed E-state index contributed by atoms with van der Waals surface area (Å²) in [7, 11) is 1.36. The predicted molar refractivity (Wildman–Crippen MR) is 72.1 cm³/mol. The molecule has 19 heavy (non-hydrogen) atoms. The highest BCUT2D eigenvalue weighted by atomic mass is 16.5. The number of nitrogens with zero attached hydrogens (tertiary/aromatic N) is 3. The van der Waals surface area contributed by atoms with Crippen LogP contribution in [0.3, 0.4) is 0 Å². The number of hydrogen-bond acceptors (Lipinski definition) is 6. The van der Waals surface area contributed by atoms with Crippen molar-refractivity contribution in [3.05, 3.63) is 18.1 Å². The number of esters is 1. The number of aromatic nitrogens is 2. The highest BCUT2D eigenvalue weighted by molar-refractivity contribution is 5.94. The molecule has 6 nitrogen and oxygen atoms in total. The molecule has 1 aromatic heterocycles. The van der Waals surface area contributed by atoms with Gasteiger partial charge in [-0.3, -0.25) is 4.90 Å². The van der Waals surface area contributed by atoms with Crippen molar-refractivity contribution in [2.24, 2.45) is 0 Å². The van der Waals surface area contributed by atoms with Crippen LogP contribution in [0.5, 0.6) is 0 Å². The number of hydrogen-bond donors (Lipinski definition) is 1. The van der Waals surface area contributed by atoms with Crippen molar-refractivity contribution < 1.29 is 9.53 Å². The Morgan fingerprint density at radius 3 is 3.21 bits per heavy atom. The molecule has 1 atom stereocenters. The summed E-state index contributed by atoms with van der Waals surface area (Å²) < 4.78 is 4.72. The molecule has 104 valence electrons. The Morgan fingerprint density at radius 1 is 1.63 bits per heavy atom. The molecule has 1 aliphatic heterocycles. The van der Waals surface area contributed by atoms with Crippen LogP contribution in [-0.2, 0) is 4.74 Å². The summed E-state index contributed by atoms with van der Waals surface area (Å²) in [6, 6.07) is 0.505. The normalized spacial score (nSPS) is 19.4. The number of rotatable bonds is 5. The van der Waals surface area contributed by atoms with E-state index >= 15 is 0 Å². The lowest BCUT2D eigenvalue weighted by molar-refractivity contribution is 0.0601. The molecule has 0 saturated carbocycles. The number of ether oxygens (including phenoxy) is 1. The van der Waals surface area contributed by atoms with E-state index in [-0.39, 0.29) is 0 Å². The van der Waals surface area contributed by atoms with Crippen LogP contribution in [0.25, 0.3) is 0 Å². The third kappa shape index (κ3) is 3.20. The van der Waals surface area contributed by atoms with Gasteiger partial charge in [-0.15, -0.1) is 0 Å². The fourth-order valence-electron chi connectivity index (χ4n) is 2.49. The Hall–Kier alpha value is -1.69. The second-order valence-electron chi connectivity index (χ2n) is 4.58. The molecule has 1 aromatic rings. The first kappa shape index (κ1) is 13.7. The van der Waals surface area contributed by atoms with Gasteiger partial charge in [-0.1, -0.05) is 6.92 Å². The molecule has 1 N–H and O–H groups in total. The molecule has 0 amide bonds. The van der Waals surface area contributed by atoms with Crippen molar-refractivity contribution in [1.82, 2.24) is 14.9 Å². The molecular formula is C13H20N4O2. The lowest BCUT2D eigenvalue weighted by Gasteiger charge is -2.23. The predicted octanol–water partition coefficient (Wildman–Crippen LogP) is 1.16. The number of likely N-dealkylation sites (tertiary alicyclic amines) is 1. The summed E-state index contributed by atoms with van der Waals surface area (Å²) in [5, 5.41) is 3.24. The van der Waals surface area contributed by atoms with E-state index in [9.17, 15) is 4.79 Å². The molecule has 6 heteroatoms. The minimum Gasteiger partial charge on any atom is -0.465 e. The summed E-state index contributed by atoms with van der Waals surface area (Å²) >= 11 is 0. The molecule has 0 bridgehead atoms. The Balaban J connectivity index is 2.01. The van der Waals surface area contributed by atoms with Crippen LogP contribution >= 0.6 is 0 Å². The summed E-state index contributed by atoms with van der Waals surface area (Å²) in [5.74, 6) is 0.131. The van der Waals surface area contributed by atoms with Gasteiger partial charge in [0.05, 0.1) is 7.11 Å². The molecule has 0 radical (unpaired) electrons. The lowest BCUT2D eigenvalue weighted by Crippen LogP contribution is -2.35. The van der Waals surface area contributed by atoms with Crippen molar-refractivity contribution >= 4 is 11.8 Å². The van der Waals surface area contributed by atoms with E-state index in [1.54, 1.807) is 0 Å². The van der Waals surface area contributed by atoms with Crippen LogP contribution < -0.4 is 5.32 Å². The van der Waals surface area contributed by atoms with Gasteiger partial charge in [-0.25, -0.2) is 14.8 Å². The zero-order valence-corrected chi connectivity index (χ0v) is 11.4. The highest BCUT2D eigenvalue weighted by Gasteiger charge is 2.23. The maximum absolute atomic E-state index is 11.6. The smallest absolute Gasteiger partial charge is 0.343 e. The van der Waals surface area contributed by atoms with Crippen LogP contribution in [0.4, 0.5) is 5.82 Å². The Kier molecular flexibility index (Phi) is 4.68. The zero-order valence-electron chi connectivity index (χ0n) is 11.4. The molecular weight excluding hydrogens is 244 g/mol. The van der Waals surface area contributed by atoms with E-state index in [1.165, 1.54) is 32.5 Å². The molecule has 0 aliphatic carbocycles. The third-order valence-electron chi connectivity index (χ3n) is 3.53. The minimum atomic E-state index is -0.415. The average Bonchev–Trinajstić information content (AvgIpc) is 2.92. The third-order valence-corrected chi connectivity index (χ3v) is 3.53. The fraction of sp³-hybridized carbons (Fsp3) is 0.615. The summed E-state index contributed by atoms with van der Waals surface area (Å²) in [6.45, 7) is 5.16. The van der Waals surface area contributed by atoms with Gasteiger partial charge in [-0.2, -0.15) is 0 Å². The van der Waals surface area contributed by atoms with Crippen LogP contribution in [0.1, 0.15) is 30.1 Å². The summed E-state index contributed by atoms with van der Waals surface area (Å²) in [5.41, 5.74) is 0.381. The van der Waals surface area contributed by atoms with Crippen molar-refractivity contribution in [1.29, 1.82) is 0 Å². The highest BCUT2D eigenvalue weighted by Crippen LogP contribution is 2.18. The first-order valence-corrected chi connectivity index (χ1v) is 6.62. The summed E-state index contributed by atoms with van der Waals surface area (Å²) in [6.07, 6.45) is 5.32. The van der Waals surface area contributed by atoms with E-state index in [2.05, 4.69) is 27.1 Å². The van der Waals surface area contributed by atoms with E-state index in [4.69, 9.17) is 4.74 Å². The Bertz CT molecular complexity index is 438. The molecule has 2 rings (SSSR count). The number of carbonyl (C=O) groups is 1. The van der Waals surface area contributed by atoms with E-state index in [0.717, 1.165) is 19.6 Å². The number of anilines is 1. The minimum absolute atomic E-state index is 0.381. The molecule has 0 spiro atoms. The van der Waals surface area contributed by atoms with Gasteiger partial charge < -0.3 is 10.1 Å². The van der Waals surface area contributed by atoms with Crippen LogP contribution in [0.15, 0.2) is 12.5 Å². The molecule has 1 saturated heterocycles. The second-order valence-corrected chi connectivity index (χ2v) is 4.58. The van der Waals surface area contributed by atoms with Gasteiger partial charge in [0.25, 0.3) is 0 Å². The van der Waals surface area contributed by atoms with Gasteiger partial charge in [0.15, 0.2) is 0 Å². The maximum Gasteiger partial charge on any atom is 0.343 e. The SMILES string of the molecule is CCN1CCCC1CNc1ncncc1C(=O)OC. The fourth-order valence-corrected chi connectivity index (χ4v) is 2.49. The maximum atomic E-state index is 11.6. The first-order valence-electron chi connectivity index (χ1n) is 6.62. The van der Waals surface area contributed by atoms with Crippen molar-refractivity contribution in [2.75, 3.05) is 32.1 Å². The number of methoxy groups -OCH3 is 1. The van der Waals surface area contributed by atoms with E-state index in [0.29, 0.717) is 17.4 Å². The van der Waals surface area contributed by atoms with Crippen molar-refractivity contribution in [3.8, 4) is 0 Å². The standard InChI is InChI=1S/C13H20N4O2/c1-3-17-6-4-5-10(17)7-15-12-11(13(18)19-2)8-14-9-16-12/h8-10H,3-7H2,1-2H3,(H,14,15,16). The number of likely N-dealkylation sites (N-methyl/N-ethyl adjacent to an activating group) is 1. The van der Waals surface area contributed by atoms with E-state index < -0.39 is 5.97 Å². The van der Waals surface area contributed by atoms with Crippen LogP contribution in [0, 0.1) is 0 Å². The molecule has 1 aliphatic rings. The van der Waals surface area contributed by atoms with Crippen LogP contribution in [-0.4, -0.2) is 53.6 Å². The molecule has 1 fully saturated rings. The topological polar surface area (TPSA) is 67.3 Å². The van der Waals surface area contributed by atoms with Gasteiger partial charge in [-0.05, 0) is 25.9 Å².